The van der Waals surface area contributed by atoms with E-state index >= 15 is 0 Å². The van der Waals surface area contributed by atoms with Gasteiger partial charge in [0.15, 0.2) is 11.5 Å². The molecule has 0 amide bonds. The van der Waals surface area contributed by atoms with Crippen LogP contribution in [-0.2, 0) is 16.1 Å². The molecule has 5 nitrogen and oxygen atoms in total. The number of aromatic hydroxyl groups is 1. The van der Waals surface area contributed by atoms with Gasteiger partial charge in [-0.25, -0.2) is 0 Å². The quantitative estimate of drug-likeness (QED) is 0.783. The summed E-state index contributed by atoms with van der Waals surface area (Å²) in [5.74, 6) is 0.271. The zero-order valence-electron chi connectivity index (χ0n) is 12.5. The highest BCUT2D eigenvalue weighted by Gasteiger charge is 2.15. The molecule has 0 saturated heterocycles. The van der Waals surface area contributed by atoms with Crippen LogP contribution >= 0.6 is 0 Å². The summed E-state index contributed by atoms with van der Waals surface area (Å²) in [6.45, 7) is 8.48. The van der Waals surface area contributed by atoms with Crippen molar-refractivity contribution in [2.75, 3.05) is 13.2 Å². The molecule has 0 heterocycles. The zero-order chi connectivity index (χ0) is 15.2. The topological polar surface area (TPSA) is 67.8 Å². The van der Waals surface area contributed by atoms with Crippen molar-refractivity contribution in [3.05, 3.63) is 23.8 Å². The number of rotatable bonds is 6. The number of esters is 1. The zero-order valence-corrected chi connectivity index (χ0v) is 12.5. The fourth-order valence-electron chi connectivity index (χ4n) is 1.63. The van der Waals surface area contributed by atoms with Crippen molar-refractivity contribution < 1.29 is 19.4 Å². The lowest BCUT2D eigenvalue weighted by molar-refractivity contribution is -0.153. The second-order valence-electron chi connectivity index (χ2n) is 5.43. The summed E-state index contributed by atoms with van der Waals surface area (Å²) < 4.78 is 10.5. The Morgan fingerprint density at radius 3 is 2.65 bits per heavy atom. The molecule has 0 saturated carbocycles. The number of benzene rings is 1. The highest BCUT2D eigenvalue weighted by molar-refractivity contribution is 5.72. The van der Waals surface area contributed by atoms with Crippen LogP contribution in [0.25, 0.3) is 0 Å². The lowest BCUT2D eigenvalue weighted by Crippen LogP contribution is -2.31. The molecule has 0 bridgehead atoms. The fraction of sp³-hybridized carbons (Fsp3) is 0.533. The normalized spacial score (nSPS) is 11.2. The van der Waals surface area contributed by atoms with Crippen molar-refractivity contribution in [2.24, 2.45) is 0 Å². The summed E-state index contributed by atoms with van der Waals surface area (Å²) >= 11 is 0. The van der Waals surface area contributed by atoms with Crippen molar-refractivity contribution >= 4 is 5.97 Å². The molecular formula is C15H23NO4. The lowest BCUT2D eigenvalue weighted by Gasteiger charge is -2.19. The van der Waals surface area contributed by atoms with Gasteiger partial charge in [0.1, 0.15) is 5.60 Å². The van der Waals surface area contributed by atoms with Crippen molar-refractivity contribution in [3.63, 3.8) is 0 Å². The van der Waals surface area contributed by atoms with Gasteiger partial charge in [0, 0.05) is 6.54 Å². The average molecular weight is 281 g/mol. The molecule has 0 aromatic heterocycles. The molecule has 0 spiro atoms. The van der Waals surface area contributed by atoms with Crippen molar-refractivity contribution in [1.29, 1.82) is 0 Å². The second kappa shape index (κ2) is 7.14. The van der Waals surface area contributed by atoms with Gasteiger partial charge in [-0.15, -0.1) is 0 Å². The minimum Gasteiger partial charge on any atom is -0.504 e. The van der Waals surface area contributed by atoms with Crippen LogP contribution < -0.4 is 10.1 Å². The van der Waals surface area contributed by atoms with Crippen LogP contribution in [0.15, 0.2) is 18.2 Å². The lowest BCUT2D eigenvalue weighted by atomic mass is 10.2. The van der Waals surface area contributed by atoms with Gasteiger partial charge in [-0.2, -0.15) is 0 Å². The van der Waals surface area contributed by atoms with Gasteiger partial charge in [0.05, 0.1) is 13.2 Å². The molecule has 0 radical (unpaired) electrons. The fourth-order valence-corrected chi connectivity index (χ4v) is 1.63. The maximum absolute atomic E-state index is 11.5. The summed E-state index contributed by atoms with van der Waals surface area (Å²) in [7, 11) is 0. The summed E-state index contributed by atoms with van der Waals surface area (Å²) in [4.78, 5) is 11.5. The highest BCUT2D eigenvalue weighted by Crippen LogP contribution is 2.26. The smallest absolute Gasteiger partial charge is 0.320 e. The molecule has 1 rings (SSSR count). The summed E-state index contributed by atoms with van der Waals surface area (Å²) in [5.41, 5.74) is 0.453. The number of phenols is 1. The number of hydrogen-bond donors (Lipinski definition) is 2. The first-order valence-electron chi connectivity index (χ1n) is 6.69. The molecule has 0 aliphatic rings. The molecule has 0 unspecified atom stereocenters. The number of phenolic OH excluding ortho intramolecular Hbond substituents is 1. The Morgan fingerprint density at radius 1 is 1.35 bits per heavy atom. The molecule has 1 aromatic carbocycles. The van der Waals surface area contributed by atoms with Crippen molar-refractivity contribution in [3.8, 4) is 11.5 Å². The summed E-state index contributed by atoms with van der Waals surface area (Å²) in [6.07, 6.45) is 0. The standard InChI is InChI=1S/C15H23NO4/c1-5-19-13-8-11(6-7-12(13)17)9-16-10-14(18)20-15(2,3)4/h6-8,16-17H,5,9-10H2,1-4H3. The van der Waals surface area contributed by atoms with Crippen LogP contribution in [0.5, 0.6) is 11.5 Å². The van der Waals surface area contributed by atoms with E-state index in [0.717, 1.165) is 5.56 Å². The Morgan fingerprint density at radius 2 is 2.05 bits per heavy atom. The first-order chi connectivity index (χ1) is 9.31. The maximum Gasteiger partial charge on any atom is 0.320 e. The van der Waals surface area contributed by atoms with E-state index in [1.54, 1.807) is 18.2 Å². The minimum atomic E-state index is -0.473. The van der Waals surface area contributed by atoms with E-state index in [9.17, 15) is 9.90 Å². The Balaban J connectivity index is 2.46. The van der Waals surface area contributed by atoms with Crippen LogP contribution in [0.1, 0.15) is 33.3 Å². The molecule has 2 N–H and O–H groups in total. The van der Waals surface area contributed by atoms with Crippen LogP contribution in [0.3, 0.4) is 0 Å². The largest absolute Gasteiger partial charge is 0.504 e. The molecule has 1 aromatic rings. The van der Waals surface area contributed by atoms with E-state index in [4.69, 9.17) is 9.47 Å². The van der Waals surface area contributed by atoms with Crippen LogP contribution in [0, 0.1) is 0 Å². The van der Waals surface area contributed by atoms with Crippen LogP contribution in [0.2, 0.25) is 0 Å². The third-order valence-corrected chi connectivity index (χ3v) is 2.34. The monoisotopic (exact) mass is 281 g/mol. The number of carbonyl (C=O) groups excluding carboxylic acids is 1. The molecular weight excluding hydrogens is 258 g/mol. The molecule has 112 valence electrons. The SMILES string of the molecule is CCOc1cc(CNCC(=O)OC(C)(C)C)ccc1O. The predicted octanol–water partition coefficient (Wildman–Crippen LogP) is 2.22. The van der Waals surface area contributed by atoms with Gasteiger partial charge in [-0.05, 0) is 45.4 Å². The van der Waals surface area contributed by atoms with Gasteiger partial charge in [0.2, 0.25) is 0 Å². The number of ether oxygens (including phenoxy) is 2. The number of hydrogen-bond acceptors (Lipinski definition) is 5. The van der Waals surface area contributed by atoms with Crippen molar-refractivity contribution in [1.82, 2.24) is 5.32 Å². The molecule has 20 heavy (non-hydrogen) atoms. The van der Waals surface area contributed by atoms with Gasteiger partial charge < -0.3 is 19.9 Å². The van der Waals surface area contributed by atoms with Crippen LogP contribution in [-0.4, -0.2) is 29.8 Å². The average Bonchev–Trinajstić information content (AvgIpc) is 2.31. The first-order valence-corrected chi connectivity index (χ1v) is 6.69. The Labute approximate surface area is 119 Å². The molecule has 0 aliphatic carbocycles. The van der Waals surface area contributed by atoms with Gasteiger partial charge in [-0.1, -0.05) is 6.07 Å². The van der Waals surface area contributed by atoms with E-state index < -0.39 is 5.60 Å². The second-order valence-corrected chi connectivity index (χ2v) is 5.43. The van der Waals surface area contributed by atoms with E-state index in [2.05, 4.69) is 5.32 Å². The van der Waals surface area contributed by atoms with E-state index in [1.165, 1.54) is 0 Å². The van der Waals surface area contributed by atoms with Gasteiger partial charge >= 0.3 is 5.97 Å². The number of nitrogens with one attached hydrogen (secondary N) is 1. The predicted molar refractivity (Wildman–Crippen MR) is 76.8 cm³/mol. The molecule has 0 fully saturated rings. The summed E-state index contributed by atoms with van der Waals surface area (Å²) in [5, 5.41) is 12.6. The molecule has 0 aliphatic heterocycles. The first kappa shape index (κ1) is 16.3. The van der Waals surface area contributed by atoms with E-state index in [1.807, 2.05) is 27.7 Å². The van der Waals surface area contributed by atoms with E-state index in [-0.39, 0.29) is 18.3 Å². The Hall–Kier alpha value is -1.75. The number of carbonyl (C=O) groups is 1. The third kappa shape index (κ3) is 5.93. The van der Waals surface area contributed by atoms with Crippen molar-refractivity contribution in [2.45, 2.75) is 39.8 Å². The Bertz CT molecular complexity index is 452. The molecule has 0 atom stereocenters. The van der Waals surface area contributed by atoms with Gasteiger partial charge in [0.25, 0.3) is 0 Å². The van der Waals surface area contributed by atoms with Gasteiger partial charge in [-0.3, -0.25) is 4.79 Å². The maximum atomic E-state index is 11.5. The highest BCUT2D eigenvalue weighted by atomic mass is 16.6. The third-order valence-electron chi connectivity index (χ3n) is 2.34. The minimum absolute atomic E-state index is 0.114. The van der Waals surface area contributed by atoms with E-state index in [0.29, 0.717) is 18.9 Å². The van der Waals surface area contributed by atoms with Crippen LogP contribution in [0.4, 0.5) is 0 Å². The summed E-state index contributed by atoms with van der Waals surface area (Å²) in [6, 6.07) is 5.11. The Kier molecular flexibility index (Phi) is 5.82. The molecule has 5 heteroatoms.